The van der Waals surface area contributed by atoms with Crippen molar-refractivity contribution >= 4 is 23.2 Å². The standard InChI is InChI=1S/C26H36N4O2S/c1-25(2)9-10-26(3,4)19-13-17(5-6-18(19)25)21-15-33-23(29-21)16-7-11-30(12-8-16)24(32)20(27)14-22(28)31/h5-6,13,15-16,20H,7-12,14,27H2,1-4H3,(H2,28,31). The van der Waals surface area contributed by atoms with Crippen molar-refractivity contribution in [1.82, 2.24) is 9.88 Å². The summed E-state index contributed by atoms with van der Waals surface area (Å²) in [6, 6.07) is 6.05. The molecule has 1 fully saturated rings. The summed E-state index contributed by atoms with van der Waals surface area (Å²) in [5.41, 5.74) is 16.5. The maximum atomic E-state index is 12.5. The Morgan fingerprint density at radius 2 is 1.76 bits per heavy atom. The molecule has 0 saturated carbocycles. The fourth-order valence-electron chi connectivity index (χ4n) is 5.24. The van der Waals surface area contributed by atoms with Gasteiger partial charge < -0.3 is 16.4 Å². The van der Waals surface area contributed by atoms with Crippen LogP contribution in [0.4, 0.5) is 0 Å². The predicted molar refractivity (Wildman–Crippen MR) is 133 cm³/mol. The summed E-state index contributed by atoms with van der Waals surface area (Å²) in [6.07, 6.45) is 4.01. The van der Waals surface area contributed by atoms with E-state index in [4.69, 9.17) is 16.5 Å². The fourth-order valence-corrected chi connectivity index (χ4v) is 6.24. The lowest BCUT2D eigenvalue weighted by molar-refractivity contribution is -0.135. The number of nitrogens with zero attached hydrogens (tertiary/aromatic N) is 2. The minimum Gasteiger partial charge on any atom is -0.370 e. The molecule has 0 spiro atoms. The lowest BCUT2D eigenvalue weighted by atomic mass is 9.63. The summed E-state index contributed by atoms with van der Waals surface area (Å²) in [4.78, 5) is 30.3. The van der Waals surface area contributed by atoms with E-state index in [9.17, 15) is 9.59 Å². The summed E-state index contributed by atoms with van der Waals surface area (Å²) in [5, 5.41) is 3.30. The molecule has 1 aliphatic heterocycles. The van der Waals surface area contributed by atoms with Gasteiger partial charge in [-0.1, -0.05) is 39.8 Å². The second kappa shape index (κ2) is 8.84. The molecule has 4 N–H and O–H groups in total. The molecule has 1 unspecified atom stereocenters. The number of carbonyl (C=O) groups excluding carboxylic acids is 2. The Hall–Kier alpha value is -2.25. The van der Waals surface area contributed by atoms with E-state index >= 15 is 0 Å². The average Bonchev–Trinajstić information content (AvgIpc) is 3.26. The molecule has 1 aliphatic carbocycles. The van der Waals surface area contributed by atoms with Gasteiger partial charge in [-0.2, -0.15) is 0 Å². The van der Waals surface area contributed by atoms with E-state index in [1.165, 1.54) is 29.5 Å². The summed E-state index contributed by atoms with van der Waals surface area (Å²) in [6.45, 7) is 10.7. The van der Waals surface area contributed by atoms with Crippen LogP contribution in [0.2, 0.25) is 0 Å². The number of hydrogen-bond acceptors (Lipinski definition) is 5. The van der Waals surface area contributed by atoms with Gasteiger partial charge in [0.25, 0.3) is 0 Å². The van der Waals surface area contributed by atoms with E-state index in [2.05, 4.69) is 51.3 Å². The number of aromatic nitrogens is 1. The number of primary amides is 1. The van der Waals surface area contributed by atoms with Gasteiger partial charge in [-0.15, -0.1) is 11.3 Å². The van der Waals surface area contributed by atoms with Crippen molar-refractivity contribution in [1.29, 1.82) is 0 Å². The maximum Gasteiger partial charge on any atom is 0.240 e. The Kier molecular flexibility index (Phi) is 6.40. The number of piperidine rings is 1. The van der Waals surface area contributed by atoms with Crippen LogP contribution in [0.15, 0.2) is 23.6 Å². The molecule has 1 aromatic heterocycles. The normalized spacial score (nSPS) is 20.8. The second-order valence-electron chi connectivity index (χ2n) is 11.0. The van der Waals surface area contributed by atoms with E-state index in [0.717, 1.165) is 23.5 Å². The van der Waals surface area contributed by atoms with Crippen molar-refractivity contribution in [2.24, 2.45) is 11.5 Å². The number of hydrogen-bond donors (Lipinski definition) is 2. The molecule has 2 aliphatic rings. The number of carbonyl (C=O) groups is 2. The van der Waals surface area contributed by atoms with E-state index in [0.29, 0.717) is 19.0 Å². The Morgan fingerprint density at radius 3 is 2.39 bits per heavy atom. The maximum absolute atomic E-state index is 12.5. The largest absolute Gasteiger partial charge is 0.370 e. The first-order valence-electron chi connectivity index (χ1n) is 11.9. The number of amides is 2. The third kappa shape index (κ3) is 4.85. The molecule has 2 heterocycles. The minimum absolute atomic E-state index is 0.108. The van der Waals surface area contributed by atoms with Gasteiger partial charge in [-0.05, 0) is 53.7 Å². The van der Waals surface area contributed by atoms with Crippen molar-refractivity contribution in [2.75, 3.05) is 13.1 Å². The Labute approximate surface area is 200 Å². The molecule has 2 aromatic rings. The first-order valence-corrected chi connectivity index (χ1v) is 12.8. The highest BCUT2D eigenvalue weighted by atomic mass is 32.1. The Morgan fingerprint density at radius 1 is 1.12 bits per heavy atom. The highest BCUT2D eigenvalue weighted by Gasteiger charge is 2.37. The lowest BCUT2D eigenvalue weighted by Gasteiger charge is -2.42. The van der Waals surface area contributed by atoms with Crippen molar-refractivity contribution in [2.45, 2.75) is 82.6 Å². The minimum atomic E-state index is -0.844. The zero-order valence-corrected chi connectivity index (χ0v) is 21.0. The summed E-state index contributed by atoms with van der Waals surface area (Å²) < 4.78 is 0. The van der Waals surface area contributed by atoms with E-state index in [-0.39, 0.29) is 23.2 Å². The summed E-state index contributed by atoms with van der Waals surface area (Å²) in [5.74, 6) is -0.393. The number of benzene rings is 1. The molecule has 178 valence electrons. The quantitative estimate of drug-likeness (QED) is 0.690. The van der Waals surface area contributed by atoms with Gasteiger partial charge in [0.15, 0.2) is 0 Å². The third-order valence-corrected chi connectivity index (χ3v) is 8.57. The third-order valence-electron chi connectivity index (χ3n) is 7.56. The molecule has 4 rings (SSSR count). The van der Waals surface area contributed by atoms with Gasteiger partial charge in [-0.3, -0.25) is 9.59 Å². The van der Waals surface area contributed by atoms with Crippen molar-refractivity contribution in [3.8, 4) is 11.3 Å². The van der Waals surface area contributed by atoms with Gasteiger partial charge >= 0.3 is 0 Å². The first-order chi connectivity index (χ1) is 15.5. The zero-order chi connectivity index (χ0) is 24.0. The zero-order valence-electron chi connectivity index (χ0n) is 20.2. The predicted octanol–water partition coefficient (Wildman–Crippen LogP) is 4.07. The van der Waals surface area contributed by atoms with Crippen LogP contribution in [0.25, 0.3) is 11.3 Å². The first kappa shape index (κ1) is 23.9. The molecular formula is C26H36N4O2S. The van der Waals surface area contributed by atoms with Crippen LogP contribution in [0.5, 0.6) is 0 Å². The summed E-state index contributed by atoms with van der Waals surface area (Å²) in [7, 11) is 0. The highest BCUT2D eigenvalue weighted by Crippen LogP contribution is 2.47. The lowest BCUT2D eigenvalue weighted by Crippen LogP contribution is -2.48. The van der Waals surface area contributed by atoms with Crippen LogP contribution in [0, 0.1) is 0 Å². The Balaban J connectivity index is 1.46. The number of nitrogens with two attached hydrogens (primary N) is 2. The van der Waals surface area contributed by atoms with Crippen molar-refractivity contribution in [3.63, 3.8) is 0 Å². The van der Waals surface area contributed by atoms with Gasteiger partial charge in [0.1, 0.15) is 0 Å². The van der Waals surface area contributed by atoms with Crippen molar-refractivity contribution in [3.05, 3.63) is 39.7 Å². The molecule has 1 atom stereocenters. The molecule has 1 aromatic carbocycles. The molecule has 0 radical (unpaired) electrons. The number of fused-ring (bicyclic) bond motifs is 1. The molecule has 7 heteroatoms. The number of likely N-dealkylation sites (tertiary alicyclic amines) is 1. The van der Waals surface area contributed by atoms with Crippen LogP contribution >= 0.6 is 11.3 Å². The van der Waals surface area contributed by atoms with Crippen molar-refractivity contribution < 1.29 is 9.59 Å². The molecule has 2 amide bonds. The van der Waals surface area contributed by atoms with E-state index in [1.807, 2.05) is 0 Å². The van der Waals surface area contributed by atoms with Gasteiger partial charge in [-0.25, -0.2) is 4.98 Å². The molecule has 0 bridgehead atoms. The SMILES string of the molecule is CC1(C)CCC(C)(C)c2cc(-c3csc(C4CCN(C(=O)C(N)CC(N)=O)CC4)n3)ccc21. The van der Waals surface area contributed by atoms with Crippen LogP contribution in [0.1, 0.15) is 81.9 Å². The van der Waals surface area contributed by atoms with Gasteiger partial charge in [0.2, 0.25) is 11.8 Å². The highest BCUT2D eigenvalue weighted by molar-refractivity contribution is 7.10. The summed E-state index contributed by atoms with van der Waals surface area (Å²) >= 11 is 1.71. The molecular weight excluding hydrogens is 432 g/mol. The smallest absolute Gasteiger partial charge is 0.240 e. The molecule has 33 heavy (non-hydrogen) atoms. The van der Waals surface area contributed by atoms with Gasteiger partial charge in [0, 0.05) is 30.0 Å². The Bertz CT molecular complexity index is 1050. The molecule has 1 saturated heterocycles. The number of rotatable bonds is 5. The van der Waals surface area contributed by atoms with Crippen LogP contribution < -0.4 is 11.5 Å². The second-order valence-corrected chi connectivity index (χ2v) is 11.9. The van der Waals surface area contributed by atoms with E-state index in [1.54, 1.807) is 16.2 Å². The topological polar surface area (TPSA) is 102 Å². The van der Waals surface area contributed by atoms with Crippen LogP contribution in [0.3, 0.4) is 0 Å². The molecule has 6 nitrogen and oxygen atoms in total. The fraction of sp³-hybridized carbons (Fsp3) is 0.577. The van der Waals surface area contributed by atoms with Crippen LogP contribution in [-0.4, -0.2) is 40.8 Å². The van der Waals surface area contributed by atoms with Gasteiger partial charge in [0.05, 0.1) is 23.2 Å². The number of thiazole rings is 1. The van der Waals surface area contributed by atoms with E-state index < -0.39 is 11.9 Å². The van der Waals surface area contributed by atoms with Crippen LogP contribution in [-0.2, 0) is 20.4 Å². The monoisotopic (exact) mass is 468 g/mol. The average molecular weight is 469 g/mol.